The Morgan fingerprint density at radius 3 is 2.66 bits per heavy atom. The first-order chi connectivity index (χ1) is 14.2. The maximum Gasteiger partial charge on any atom is 0.191 e. The standard InChI is InChI=1S/C22H26FN5O/c1-3-24-22(25-14-17-9-10-21(29-2)20(23)13-17)26-15-18-7-4-5-8-19(18)16-28-12-6-11-27-28/h4-13H,3,14-16H2,1-2H3,(H2,24,25,26). The number of aliphatic imine (C=N–C) groups is 1. The Bertz CT molecular complexity index is 940. The molecule has 29 heavy (non-hydrogen) atoms. The second-order valence-corrected chi connectivity index (χ2v) is 6.49. The highest BCUT2D eigenvalue weighted by Gasteiger charge is 2.06. The fourth-order valence-corrected chi connectivity index (χ4v) is 2.95. The first kappa shape index (κ1) is 20.4. The SMILES string of the molecule is CCNC(=NCc1ccc(OC)c(F)c1)NCc1ccccc1Cn1cccn1. The minimum atomic E-state index is -0.384. The zero-order valence-corrected chi connectivity index (χ0v) is 16.7. The first-order valence-electron chi connectivity index (χ1n) is 9.58. The van der Waals surface area contributed by atoms with E-state index in [1.807, 2.05) is 42.1 Å². The smallest absolute Gasteiger partial charge is 0.191 e. The van der Waals surface area contributed by atoms with Crippen molar-refractivity contribution in [3.8, 4) is 5.75 Å². The molecule has 1 heterocycles. The van der Waals surface area contributed by atoms with Crippen molar-refractivity contribution in [1.29, 1.82) is 0 Å². The molecule has 0 saturated heterocycles. The highest BCUT2D eigenvalue weighted by atomic mass is 19.1. The second kappa shape index (κ2) is 10.3. The molecule has 0 spiro atoms. The van der Waals surface area contributed by atoms with Crippen molar-refractivity contribution in [3.63, 3.8) is 0 Å². The second-order valence-electron chi connectivity index (χ2n) is 6.49. The van der Waals surface area contributed by atoms with E-state index in [2.05, 4.69) is 32.9 Å². The molecule has 0 bridgehead atoms. The summed E-state index contributed by atoms with van der Waals surface area (Å²) >= 11 is 0. The Kier molecular flexibility index (Phi) is 7.22. The molecule has 7 heteroatoms. The predicted octanol–water partition coefficient (Wildman–Crippen LogP) is 3.33. The van der Waals surface area contributed by atoms with Crippen molar-refractivity contribution in [2.45, 2.75) is 26.6 Å². The molecular weight excluding hydrogens is 369 g/mol. The zero-order valence-electron chi connectivity index (χ0n) is 16.7. The number of rotatable bonds is 8. The molecule has 0 saturated carbocycles. The molecule has 0 aliphatic heterocycles. The number of guanidine groups is 1. The topological polar surface area (TPSA) is 63.5 Å². The number of ether oxygens (including phenoxy) is 1. The van der Waals surface area contributed by atoms with Gasteiger partial charge in [-0.3, -0.25) is 4.68 Å². The van der Waals surface area contributed by atoms with E-state index in [9.17, 15) is 4.39 Å². The zero-order chi connectivity index (χ0) is 20.5. The third-order valence-corrected chi connectivity index (χ3v) is 4.44. The average Bonchev–Trinajstić information content (AvgIpc) is 3.24. The molecule has 0 fully saturated rings. The van der Waals surface area contributed by atoms with E-state index in [-0.39, 0.29) is 11.6 Å². The Balaban J connectivity index is 1.66. The van der Waals surface area contributed by atoms with Gasteiger partial charge in [0.1, 0.15) is 0 Å². The molecule has 2 aromatic carbocycles. The Labute approximate surface area is 170 Å². The normalized spacial score (nSPS) is 11.3. The van der Waals surface area contributed by atoms with E-state index in [1.165, 1.54) is 24.3 Å². The fraction of sp³-hybridized carbons (Fsp3) is 0.273. The van der Waals surface area contributed by atoms with Crippen LogP contribution in [0.25, 0.3) is 0 Å². The number of hydrogen-bond acceptors (Lipinski definition) is 3. The molecule has 1 aromatic heterocycles. The summed E-state index contributed by atoms with van der Waals surface area (Å²) in [4.78, 5) is 4.57. The van der Waals surface area contributed by atoms with Crippen LogP contribution >= 0.6 is 0 Å². The van der Waals surface area contributed by atoms with Gasteiger partial charge < -0.3 is 15.4 Å². The van der Waals surface area contributed by atoms with E-state index in [4.69, 9.17) is 4.74 Å². The number of nitrogens with zero attached hydrogens (tertiary/aromatic N) is 3. The van der Waals surface area contributed by atoms with Crippen molar-refractivity contribution < 1.29 is 9.13 Å². The Morgan fingerprint density at radius 1 is 1.14 bits per heavy atom. The summed E-state index contributed by atoms with van der Waals surface area (Å²) < 4.78 is 20.7. The first-order valence-corrected chi connectivity index (χ1v) is 9.58. The van der Waals surface area contributed by atoms with E-state index in [0.717, 1.165) is 12.1 Å². The van der Waals surface area contributed by atoms with Gasteiger partial charge in [-0.25, -0.2) is 9.38 Å². The van der Waals surface area contributed by atoms with Crippen LogP contribution in [0.3, 0.4) is 0 Å². The molecule has 0 aliphatic carbocycles. The van der Waals surface area contributed by atoms with Gasteiger partial charge >= 0.3 is 0 Å². The summed E-state index contributed by atoms with van der Waals surface area (Å²) in [5.41, 5.74) is 3.14. The van der Waals surface area contributed by atoms with Gasteiger partial charge in [0, 0.05) is 25.5 Å². The van der Waals surface area contributed by atoms with Gasteiger partial charge in [-0.05, 0) is 41.8 Å². The van der Waals surface area contributed by atoms with Gasteiger partial charge in [0.25, 0.3) is 0 Å². The Morgan fingerprint density at radius 2 is 1.97 bits per heavy atom. The van der Waals surface area contributed by atoms with Gasteiger partial charge in [0.2, 0.25) is 0 Å². The molecule has 0 atom stereocenters. The third-order valence-electron chi connectivity index (χ3n) is 4.44. The number of hydrogen-bond donors (Lipinski definition) is 2. The molecular formula is C22H26FN5O. The summed E-state index contributed by atoms with van der Waals surface area (Å²) in [6.45, 7) is 4.45. The molecule has 0 aliphatic rings. The van der Waals surface area contributed by atoms with Crippen LogP contribution in [0.15, 0.2) is 65.9 Å². The van der Waals surface area contributed by atoms with E-state index >= 15 is 0 Å². The lowest BCUT2D eigenvalue weighted by Gasteiger charge is -2.14. The van der Waals surface area contributed by atoms with Crippen molar-refractivity contribution in [1.82, 2.24) is 20.4 Å². The fourth-order valence-electron chi connectivity index (χ4n) is 2.95. The van der Waals surface area contributed by atoms with Crippen molar-refractivity contribution in [2.75, 3.05) is 13.7 Å². The monoisotopic (exact) mass is 395 g/mol. The quantitative estimate of drug-likeness (QED) is 0.454. The van der Waals surface area contributed by atoms with Gasteiger partial charge in [-0.15, -0.1) is 0 Å². The number of benzene rings is 2. The van der Waals surface area contributed by atoms with E-state index in [1.54, 1.807) is 12.3 Å². The maximum absolute atomic E-state index is 13.9. The summed E-state index contributed by atoms with van der Waals surface area (Å²) in [5, 5.41) is 10.9. The number of nitrogens with one attached hydrogen (secondary N) is 2. The minimum Gasteiger partial charge on any atom is -0.494 e. The third kappa shape index (κ3) is 5.81. The Hall–Kier alpha value is -3.35. The lowest BCUT2D eigenvalue weighted by atomic mass is 10.1. The molecule has 0 amide bonds. The van der Waals surface area contributed by atoms with Crippen LogP contribution in [0.5, 0.6) is 5.75 Å². The van der Waals surface area contributed by atoms with Gasteiger partial charge in [0.05, 0.1) is 20.2 Å². The minimum absolute atomic E-state index is 0.233. The van der Waals surface area contributed by atoms with Crippen LogP contribution in [0, 0.1) is 5.82 Å². The van der Waals surface area contributed by atoms with Crippen LogP contribution in [-0.2, 0) is 19.6 Å². The predicted molar refractivity (Wildman–Crippen MR) is 112 cm³/mol. The molecule has 3 rings (SSSR count). The summed E-state index contributed by atoms with van der Waals surface area (Å²) in [5.74, 6) is 0.528. The number of methoxy groups -OCH3 is 1. The van der Waals surface area contributed by atoms with Crippen molar-refractivity contribution in [3.05, 3.63) is 83.4 Å². The summed E-state index contributed by atoms with van der Waals surface area (Å²) in [6, 6.07) is 15.0. The lowest BCUT2D eigenvalue weighted by Crippen LogP contribution is -2.37. The van der Waals surface area contributed by atoms with Crippen LogP contribution in [0.1, 0.15) is 23.6 Å². The van der Waals surface area contributed by atoms with Crippen molar-refractivity contribution in [2.24, 2.45) is 4.99 Å². The number of aromatic nitrogens is 2. The van der Waals surface area contributed by atoms with Crippen LogP contribution in [-0.4, -0.2) is 29.4 Å². The molecule has 0 radical (unpaired) electrons. The molecule has 3 aromatic rings. The molecule has 0 unspecified atom stereocenters. The maximum atomic E-state index is 13.9. The van der Waals surface area contributed by atoms with Gasteiger partial charge in [-0.2, -0.15) is 5.10 Å². The molecule has 2 N–H and O–H groups in total. The molecule has 6 nitrogen and oxygen atoms in total. The van der Waals surface area contributed by atoms with Gasteiger partial charge in [0.15, 0.2) is 17.5 Å². The summed E-state index contributed by atoms with van der Waals surface area (Å²) in [6.07, 6.45) is 3.72. The largest absolute Gasteiger partial charge is 0.494 e. The van der Waals surface area contributed by atoms with Crippen LogP contribution in [0.2, 0.25) is 0 Å². The van der Waals surface area contributed by atoms with Gasteiger partial charge in [-0.1, -0.05) is 30.3 Å². The lowest BCUT2D eigenvalue weighted by molar-refractivity contribution is 0.386. The van der Waals surface area contributed by atoms with Crippen LogP contribution < -0.4 is 15.4 Å². The molecule has 152 valence electrons. The van der Waals surface area contributed by atoms with Crippen molar-refractivity contribution >= 4 is 5.96 Å². The summed E-state index contributed by atoms with van der Waals surface area (Å²) in [7, 11) is 1.45. The number of halogens is 1. The highest BCUT2D eigenvalue weighted by Crippen LogP contribution is 2.18. The average molecular weight is 395 g/mol. The highest BCUT2D eigenvalue weighted by molar-refractivity contribution is 5.79. The van der Waals surface area contributed by atoms with E-state index < -0.39 is 0 Å². The van der Waals surface area contributed by atoms with Crippen LogP contribution in [0.4, 0.5) is 4.39 Å². The van der Waals surface area contributed by atoms with E-state index in [0.29, 0.717) is 25.6 Å².